The Hall–Kier alpha value is -0.169. The zero-order chi connectivity index (χ0) is 11.4. The molecule has 0 bridgehead atoms. The molecular weight excluding hydrogens is 230 g/mol. The van der Waals surface area contributed by atoms with Crippen molar-refractivity contribution < 1.29 is 0 Å². The molecule has 0 fully saturated rings. The molecule has 1 rings (SSSR count). The number of hydrogen-bond donors (Lipinski definition) is 0. The van der Waals surface area contributed by atoms with E-state index in [1.165, 1.54) is 0 Å². The van der Waals surface area contributed by atoms with Gasteiger partial charge in [-0.05, 0) is 5.19 Å². The fourth-order valence-corrected chi connectivity index (χ4v) is 12.6. The summed E-state index contributed by atoms with van der Waals surface area (Å²) in [4.78, 5) is 0. The highest BCUT2D eigenvalue weighted by Crippen LogP contribution is 2.04. The lowest BCUT2D eigenvalue weighted by atomic mass is 10.4. The molecule has 1 nitrogen and oxygen atoms in total. The van der Waals surface area contributed by atoms with Crippen LogP contribution < -0.4 is 5.19 Å². The van der Waals surface area contributed by atoms with Gasteiger partial charge in [-0.1, -0.05) is 63.1 Å². The van der Waals surface area contributed by atoms with Crippen molar-refractivity contribution in [2.75, 3.05) is 0 Å². The van der Waals surface area contributed by atoms with Crippen LogP contribution in [0.25, 0.3) is 0 Å². The SMILES string of the molecule is C[Si](C)N([Si](C)C)[Si](C)c1ccccc1. The second-order valence-electron chi connectivity index (χ2n) is 4.18. The number of benzene rings is 1. The lowest BCUT2D eigenvalue weighted by molar-refractivity contribution is 1.01. The third-order valence-corrected chi connectivity index (χ3v) is 13.4. The Balaban J connectivity index is 2.86. The van der Waals surface area contributed by atoms with Gasteiger partial charge in [0, 0.05) is 0 Å². The van der Waals surface area contributed by atoms with Crippen molar-refractivity contribution in [3.8, 4) is 0 Å². The van der Waals surface area contributed by atoms with Gasteiger partial charge < -0.3 is 3.90 Å². The summed E-state index contributed by atoms with van der Waals surface area (Å²) in [5.74, 6) is 0. The molecule has 0 atom stereocenters. The number of hydrogen-bond acceptors (Lipinski definition) is 1. The van der Waals surface area contributed by atoms with Crippen molar-refractivity contribution >= 4 is 32.1 Å². The first-order valence-corrected chi connectivity index (χ1v) is 12.2. The van der Waals surface area contributed by atoms with Gasteiger partial charge >= 0.3 is 0 Å². The van der Waals surface area contributed by atoms with E-state index in [1.54, 1.807) is 5.19 Å². The van der Waals surface area contributed by atoms with Crippen molar-refractivity contribution in [2.24, 2.45) is 0 Å². The standard InChI is InChI=1S/C11H20NSi3/c1-13(2)12(14(3)4)15(5)11-9-7-6-8-10-11/h6-10H,1-5H3. The Kier molecular flexibility index (Phi) is 4.98. The van der Waals surface area contributed by atoms with E-state index in [1.807, 2.05) is 0 Å². The van der Waals surface area contributed by atoms with Crippen LogP contribution in [0.5, 0.6) is 0 Å². The maximum Gasteiger partial charge on any atom is 0.155 e. The number of nitrogens with zero attached hydrogens (tertiary/aromatic N) is 1. The molecule has 0 aliphatic heterocycles. The topological polar surface area (TPSA) is 3.24 Å². The maximum absolute atomic E-state index is 2.84. The van der Waals surface area contributed by atoms with E-state index in [0.29, 0.717) is 0 Å². The minimum Gasteiger partial charge on any atom is -0.368 e. The van der Waals surface area contributed by atoms with Crippen molar-refractivity contribution in [2.45, 2.75) is 32.7 Å². The van der Waals surface area contributed by atoms with Crippen LogP contribution in [0.3, 0.4) is 0 Å². The Morgan fingerprint density at radius 1 is 0.800 bits per heavy atom. The second kappa shape index (κ2) is 5.79. The Morgan fingerprint density at radius 2 is 1.27 bits per heavy atom. The molecule has 0 heterocycles. The normalized spacial score (nSPS) is 12.1. The fourth-order valence-electron chi connectivity index (χ4n) is 1.93. The third-order valence-electron chi connectivity index (χ3n) is 2.42. The Morgan fingerprint density at radius 3 is 1.67 bits per heavy atom. The van der Waals surface area contributed by atoms with Crippen molar-refractivity contribution in [3.63, 3.8) is 0 Å². The average molecular weight is 251 g/mol. The van der Waals surface area contributed by atoms with E-state index < -0.39 is 8.96 Å². The van der Waals surface area contributed by atoms with Crippen LogP contribution >= 0.6 is 0 Å². The lowest BCUT2D eigenvalue weighted by Gasteiger charge is -2.34. The molecule has 0 aliphatic carbocycles. The zero-order valence-electron chi connectivity index (χ0n) is 10.3. The maximum atomic E-state index is 2.84. The van der Waals surface area contributed by atoms with Gasteiger partial charge in [-0.15, -0.1) is 0 Å². The van der Waals surface area contributed by atoms with E-state index in [0.717, 1.165) is 0 Å². The van der Waals surface area contributed by atoms with Crippen molar-refractivity contribution in [1.29, 1.82) is 0 Å². The van der Waals surface area contributed by atoms with Crippen LogP contribution in [0, 0.1) is 0 Å². The van der Waals surface area contributed by atoms with E-state index in [4.69, 9.17) is 0 Å². The van der Waals surface area contributed by atoms with Crippen LogP contribution in [0.2, 0.25) is 32.7 Å². The molecule has 0 N–H and O–H groups in total. The summed E-state index contributed by atoms with van der Waals surface area (Å²) in [5.41, 5.74) is 0. The highest BCUT2D eigenvalue weighted by Gasteiger charge is 2.24. The summed E-state index contributed by atoms with van der Waals surface area (Å²) in [5, 5.41) is 1.56. The quantitative estimate of drug-likeness (QED) is 0.742. The molecule has 1 aromatic rings. The van der Waals surface area contributed by atoms with Gasteiger partial charge in [0.05, 0.1) is 0 Å². The predicted octanol–water partition coefficient (Wildman–Crippen LogP) is 2.32. The van der Waals surface area contributed by atoms with Crippen LogP contribution in [0.1, 0.15) is 0 Å². The molecule has 0 aliphatic rings. The monoisotopic (exact) mass is 250 g/mol. The molecule has 0 saturated heterocycles. The Labute approximate surface area is 99.2 Å². The van der Waals surface area contributed by atoms with Gasteiger partial charge in [-0.25, -0.2) is 0 Å². The molecule has 0 unspecified atom stereocenters. The first-order valence-electron chi connectivity index (χ1n) is 5.33. The molecule has 0 saturated carbocycles. The van der Waals surface area contributed by atoms with Gasteiger partial charge in [0.2, 0.25) is 0 Å². The molecule has 4 heteroatoms. The average Bonchev–Trinajstić information content (AvgIpc) is 2.18. The van der Waals surface area contributed by atoms with E-state index >= 15 is 0 Å². The van der Waals surface area contributed by atoms with Crippen molar-refractivity contribution in [3.05, 3.63) is 30.3 Å². The molecule has 0 spiro atoms. The van der Waals surface area contributed by atoms with Gasteiger partial charge in [0.1, 0.15) is 17.9 Å². The summed E-state index contributed by atoms with van der Waals surface area (Å²) in [6.45, 7) is 12.1. The minimum absolute atomic E-state index is 0.295. The smallest absolute Gasteiger partial charge is 0.155 e. The van der Waals surface area contributed by atoms with E-state index in [-0.39, 0.29) is 17.9 Å². The summed E-state index contributed by atoms with van der Waals surface area (Å²) >= 11 is 0. The Bertz CT molecular complexity index is 279. The van der Waals surface area contributed by atoms with Crippen LogP contribution in [0.4, 0.5) is 0 Å². The minimum atomic E-state index is -0.481. The summed E-state index contributed by atoms with van der Waals surface area (Å²) in [7, 11) is -1.07. The molecule has 81 valence electrons. The first kappa shape index (κ1) is 12.9. The lowest BCUT2D eigenvalue weighted by Crippen LogP contribution is -2.56. The molecule has 1 aromatic carbocycles. The number of rotatable bonds is 4. The van der Waals surface area contributed by atoms with Crippen LogP contribution in [0.15, 0.2) is 30.3 Å². The summed E-state index contributed by atoms with van der Waals surface area (Å²) in [6, 6.07) is 11.0. The van der Waals surface area contributed by atoms with Gasteiger partial charge in [-0.2, -0.15) is 0 Å². The summed E-state index contributed by atoms with van der Waals surface area (Å²) in [6.07, 6.45) is 0. The predicted molar refractivity (Wildman–Crippen MR) is 74.5 cm³/mol. The summed E-state index contributed by atoms with van der Waals surface area (Å²) < 4.78 is 2.84. The molecule has 0 aromatic heterocycles. The highest BCUT2D eigenvalue weighted by atomic mass is 28.4. The van der Waals surface area contributed by atoms with E-state index in [9.17, 15) is 0 Å². The van der Waals surface area contributed by atoms with Gasteiger partial charge in [-0.3, -0.25) is 0 Å². The highest BCUT2D eigenvalue weighted by molar-refractivity contribution is 6.90. The first-order chi connectivity index (χ1) is 7.04. The van der Waals surface area contributed by atoms with Gasteiger partial charge in [0.25, 0.3) is 0 Å². The molecule has 3 radical (unpaired) electrons. The van der Waals surface area contributed by atoms with Crippen LogP contribution in [-0.4, -0.2) is 30.8 Å². The van der Waals surface area contributed by atoms with Gasteiger partial charge in [0.15, 0.2) is 8.96 Å². The molecular formula is C11H20NSi3. The van der Waals surface area contributed by atoms with Crippen LogP contribution in [-0.2, 0) is 0 Å². The fraction of sp³-hybridized carbons (Fsp3) is 0.455. The van der Waals surface area contributed by atoms with E-state index in [2.05, 4.69) is 67.0 Å². The largest absolute Gasteiger partial charge is 0.368 e. The molecule has 15 heavy (non-hydrogen) atoms. The second-order valence-corrected chi connectivity index (χ2v) is 12.4. The van der Waals surface area contributed by atoms with Crippen molar-refractivity contribution in [1.82, 2.24) is 3.90 Å². The zero-order valence-corrected chi connectivity index (χ0v) is 13.3. The molecule has 0 amide bonds. The third kappa shape index (κ3) is 3.41.